The van der Waals surface area contributed by atoms with Gasteiger partial charge in [0.25, 0.3) is 0 Å². The van der Waals surface area contributed by atoms with Crippen LogP contribution in [-0.2, 0) is 29.6 Å². The Morgan fingerprint density at radius 3 is 2.49 bits per heavy atom. The van der Waals surface area contributed by atoms with Crippen molar-refractivity contribution in [2.24, 2.45) is 5.92 Å². The summed E-state index contributed by atoms with van der Waals surface area (Å²) in [6.07, 6.45) is 11.2. The maximum absolute atomic E-state index is 14.2. The zero-order valence-electron chi connectivity index (χ0n) is 29.5. The van der Waals surface area contributed by atoms with E-state index in [9.17, 15) is 27.2 Å². The number of benzene rings is 1. The molecular weight excluding hydrogens is 676 g/mol. The molecule has 1 aromatic heterocycles. The zero-order valence-corrected chi connectivity index (χ0v) is 29.5. The van der Waals surface area contributed by atoms with E-state index in [2.05, 4.69) is 29.1 Å². The highest BCUT2D eigenvalue weighted by Gasteiger charge is 2.55. The monoisotopic (exact) mass is 724 g/mol. The molecule has 0 radical (unpaired) electrons. The lowest BCUT2D eigenvalue weighted by Gasteiger charge is -2.38. The van der Waals surface area contributed by atoms with Gasteiger partial charge in [-0.3, -0.25) is 4.79 Å². The number of rotatable bonds is 15. The molecule has 3 aliphatic rings. The van der Waals surface area contributed by atoms with Crippen molar-refractivity contribution in [3.63, 3.8) is 0 Å². The van der Waals surface area contributed by atoms with Gasteiger partial charge in [-0.1, -0.05) is 57.2 Å². The Morgan fingerprint density at radius 1 is 1.10 bits per heavy atom. The molecule has 5 rings (SSSR count). The Balaban J connectivity index is 1.28. The summed E-state index contributed by atoms with van der Waals surface area (Å²) in [4.78, 5) is 38.5. The molecule has 1 amide bonds. The van der Waals surface area contributed by atoms with Crippen molar-refractivity contribution < 1.29 is 51.1 Å². The van der Waals surface area contributed by atoms with Gasteiger partial charge in [0.05, 0.1) is 11.7 Å². The lowest BCUT2D eigenvalue weighted by molar-refractivity contribution is -0.361. The van der Waals surface area contributed by atoms with Crippen molar-refractivity contribution in [2.75, 3.05) is 6.61 Å². The Bertz CT molecular complexity index is 1530. The molecule has 282 valence electrons. The summed E-state index contributed by atoms with van der Waals surface area (Å²) in [7, 11) is 0. The van der Waals surface area contributed by atoms with E-state index >= 15 is 0 Å². The molecule has 2 aliphatic carbocycles. The molecule has 3 fully saturated rings. The van der Waals surface area contributed by atoms with Crippen LogP contribution in [0.25, 0.3) is 0 Å². The second kappa shape index (κ2) is 16.4. The number of carbonyl (C=O) groups excluding carboxylic acids is 2. The van der Waals surface area contributed by atoms with E-state index in [-0.39, 0.29) is 18.4 Å². The van der Waals surface area contributed by atoms with Gasteiger partial charge in [0.1, 0.15) is 24.4 Å². The fraction of sp³-hybridized carbons (Fsp3) is 0.667. The number of nitrogens with zero attached hydrogens (tertiary/aromatic N) is 3. The minimum Gasteiger partial charge on any atom is -0.479 e. The largest absolute Gasteiger partial charge is 0.479 e. The normalized spacial score (nSPS) is 25.7. The van der Waals surface area contributed by atoms with Crippen molar-refractivity contribution in [2.45, 2.75) is 140 Å². The van der Waals surface area contributed by atoms with Crippen LogP contribution in [0.1, 0.15) is 122 Å². The SMILES string of the molecule is C=CCC(CC)C1(C)OOC2(CCCC(OC(=O)NC3(c4cn(C(CCCC)C(=O)COc5c(F)c(F)cc(F)c5F)nn4)CCCCC3)C2)O1. The number of unbranched alkanes of at least 4 members (excludes halogenated alkanes) is 1. The summed E-state index contributed by atoms with van der Waals surface area (Å²) < 4.78 is 74.5. The number of halogens is 4. The van der Waals surface area contributed by atoms with E-state index in [0.29, 0.717) is 57.1 Å². The van der Waals surface area contributed by atoms with Crippen LogP contribution < -0.4 is 10.1 Å². The van der Waals surface area contributed by atoms with Crippen LogP contribution in [0.3, 0.4) is 0 Å². The lowest BCUT2D eigenvalue weighted by atomic mass is 9.79. The number of Topliss-reactive ketones (excluding diaryl/α,β-unsaturated/α-hetero) is 1. The van der Waals surface area contributed by atoms with Gasteiger partial charge in [-0.15, -0.1) is 11.7 Å². The summed E-state index contributed by atoms with van der Waals surface area (Å²) in [6, 6.07) is -0.896. The van der Waals surface area contributed by atoms with Gasteiger partial charge in [0.2, 0.25) is 23.2 Å². The third-order valence-electron chi connectivity index (χ3n) is 10.3. The topological polar surface area (TPSA) is 123 Å². The van der Waals surface area contributed by atoms with Gasteiger partial charge in [-0.2, -0.15) is 18.6 Å². The number of hydrogen-bond donors (Lipinski definition) is 1. The molecule has 2 heterocycles. The maximum atomic E-state index is 14.2. The number of aromatic nitrogens is 3. The molecule has 11 nitrogen and oxygen atoms in total. The summed E-state index contributed by atoms with van der Waals surface area (Å²) in [5.41, 5.74) is -0.500. The van der Waals surface area contributed by atoms with Crippen molar-refractivity contribution in [3.05, 3.63) is 53.9 Å². The molecular formula is C36H48F4N4O7. The lowest BCUT2D eigenvalue weighted by Crippen LogP contribution is -2.50. The number of carbonyl (C=O) groups is 2. The molecule has 51 heavy (non-hydrogen) atoms. The fourth-order valence-corrected chi connectivity index (χ4v) is 7.47. The Kier molecular flexibility index (Phi) is 12.4. The van der Waals surface area contributed by atoms with Crippen molar-refractivity contribution in [1.29, 1.82) is 0 Å². The molecule has 1 aromatic carbocycles. The molecule has 15 heteroatoms. The predicted octanol–water partition coefficient (Wildman–Crippen LogP) is 8.04. The van der Waals surface area contributed by atoms with Gasteiger partial charge in [-0.05, 0) is 51.9 Å². The number of ether oxygens (including phenoxy) is 3. The van der Waals surface area contributed by atoms with Gasteiger partial charge in [0.15, 0.2) is 23.2 Å². The Hall–Kier alpha value is -3.56. The van der Waals surface area contributed by atoms with E-state index in [4.69, 9.17) is 24.0 Å². The van der Waals surface area contributed by atoms with E-state index in [1.165, 1.54) is 4.68 Å². The summed E-state index contributed by atoms with van der Waals surface area (Å²) in [5.74, 6) is -10.7. The summed E-state index contributed by atoms with van der Waals surface area (Å²) >= 11 is 0. The molecule has 1 saturated heterocycles. The molecule has 0 bridgehead atoms. The maximum Gasteiger partial charge on any atom is 0.408 e. The number of allylic oxidation sites excluding steroid dienone is 1. The molecule has 5 unspecified atom stereocenters. The van der Waals surface area contributed by atoms with Crippen molar-refractivity contribution in [3.8, 4) is 5.75 Å². The van der Waals surface area contributed by atoms with Gasteiger partial charge in [-0.25, -0.2) is 18.3 Å². The first-order valence-electron chi connectivity index (χ1n) is 18.0. The molecule has 2 aromatic rings. The number of ketones is 1. The van der Waals surface area contributed by atoms with E-state index in [1.807, 2.05) is 19.9 Å². The van der Waals surface area contributed by atoms with Crippen molar-refractivity contribution >= 4 is 11.9 Å². The van der Waals surface area contributed by atoms with Crippen LogP contribution in [0.4, 0.5) is 22.4 Å². The minimum absolute atomic E-state index is 0.0342. The summed E-state index contributed by atoms with van der Waals surface area (Å²) in [6.45, 7) is 8.80. The first-order valence-corrected chi connectivity index (χ1v) is 18.0. The first kappa shape index (κ1) is 38.7. The third-order valence-corrected chi connectivity index (χ3v) is 10.3. The number of amides is 1. The van der Waals surface area contributed by atoms with Gasteiger partial charge in [0, 0.05) is 24.8 Å². The van der Waals surface area contributed by atoms with E-state index in [0.717, 1.165) is 32.1 Å². The Labute approximate surface area is 295 Å². The van der Waals surface area contributed by atoms with Crippen LogP contribution in [-0.4, -0.2) is 51.2 Å². The average Bonchev–Trinajstić information content (AvgIpc) is 3.72. The van der Waals surface area contributed by atoms with E-state index in [1.54, 1.807) is 6.20 Å². The number of nitrogens with one attached hydrogen (secondary N) is 1. The zero-order chi connectivity index (χ0) is 36.8. The molecule has 1 aliphatic heterocycles. The summed E-state index contributed by atoms with van der Waals surface area (Å²) in [5, 5.41) is 11.7. The smallest absolute Gasteiger partial charge is 0.408 e. The molecule has 1 spiro atoms. The Morgan fingerprint density at radius 2 is 1.82 bits per heavy atom. The molecule has 5 atom stereocenters. The van der Waals surface area contributed by atoms with Crippen LogP contribution in [0, 0.1) is 29.2 Å². The average molecular weight is 725 g/mol. The van der Waals surface area contributed by atoms with Crippen LogP contribution in [0.5, 0.6) is 5.75 Å². The molecule has 2 saturated carbocycles. The minimum atomic E-state index is -1.74. The number of alkyl carbamates (subject to hydrolysis) is 1. The quantitative estimate of drug-likeness (QED) is 0.0842. The predicted molar refractivity (Wildman–Crippen MR) is 175 cm³/mol. The highest BCUT2D eigenvalue weighted by atomic mass is 19.2. The highest BCUT2D eigenvalue weighted by Crippen LogP contribution is 2.47. The van der Waals surface area contributed by atoms with Crippen molar-refractivity contribution in [1.82, 2.24) is 20.3 Å². The standard InChI is InChI=1S/C36H48F4N4O7/c1-5-8-15-27(28(45)22-47-32-30(39)25(37)19-26(38)31(32)40)44-21-29(42-43-44)35(16-10-9-11-17-35)41-33(46)48-24-14-12-18-36(20-24)49-34(4,50-51-36)23(7-3)13-6-2/h6,19,21,23-24,27H,2,5,7-18,20,22H2,1,3-4H3,(H,41,46). The highest BCUT2D eigenvalue weighted by molar-refractivity contribution is 5.84. The van der Waals surface area contributed by atoms with Crippen LogP contribution >= 0.6 is 0 Å². The van der Waals surface area contributed by atoms with Gasteiger partial charge < -0.3 is 19.5 Å². The van der Waals surface area contributed by atoms with Crippen LogP contribution in [0.15, 0.2) is 24.9 Å². The number of hydrogen-bond acceptors (Lipinski definition) is 9. The second-order valence-electron chi connectivity index (χ2n) is 14.0. The second-order valence-corrected chi connectivity index (χ2v) is 14.0. The first-order chi connectivity index (χ1) is 24.4. The van der Waals surface area contributed by atoms with Gasteiger partial charge >= 0.3 is 6.09 Å². The fourth-order valence-electron chi connectivity index (χ4n) is 7.47. The third kappa shape index (κ3) is 8.57. The van der Waals surface area contributed by atoms with Crippen LogP contribution in [0.2, 0.25) is 0 Å². The molecule has 1 N–H and O–H groups in total. The van der Waals surface area contributed by atoms with E-state index < -0.39 is 76.8 Å².